The Hall–Kier alpha value is -2.63. The number of aromatic nitrogens is 2. The Morgan fingerprint density at radius 3 is 2.61 bits per heavy atom. The van der Waals surface area contributed by atoms with Gasteiger partial charge in [-0.25, -0.2) is 4.98 Å². The van der Waals surface area contributed by atoms with Crippen LogP contribution in [0.4, 0.5) is 0 Å². The monoisotopic (exact) mass is 313 g/mol. The molecule has 0 aliphatic carbocycles. The van der Waals surface area contributed by atoms with Crippen molar-refractivity contribution < 1.29 is 9.53 Å². The summed E-state index contributed by atoms with van der Waals surface area (Å²) in [5.41, 5.74) is 3.02. The van der Waals surface area contributed by atoms with Crippen LogP contribution in [0.15, 0.2) is 29.3 Å². The maximum atomic E-state index is 12.8. The van der Waals surface area contributed by atoms with Gasteiger partial charge in [-0.15, -0.1) is 0 Å². The van der Waals surface area contributed by atoms with Gasteiger partial charge in [0.15, 0.2) is 0 Å². The van der Waals surface area contributed by atoms with Crippen molar-refractivity contribution in [2.24, 2.45) is 7.05 Å². The molecule has 0 bridgehead atoms. The van der Waals surface area contributed by atoms with E-state index in [0.29, 0.717) is 17.8 Å². The van der Waals surface area contributed by atoms with Gasteiger partial charge in [-0.3, -0.25) is 14.2 Å². The van der Waals surface area contributed by atoms with Crippen molar-refractivity contribution in [3.63, 3.8) is 0 Å². The van der Waals surface area contributed by atoms with Crippen molar-refractivity contribution in [2.45, 2.75) is 20.4 Å². The molecular formula is C17H19N3O3. The zero-order valence-corrected chi connectivity index (χ0v) is 13.5. The van der Waals surface area contributed by atoms with Crippen LogP contribution in [0.25, 0.3) is 0 Å². The SMILES string of the molecule is Cc1cc(C)cc(C(=O)N2CCOc3c(ncn(C)c3=O)C2)c1. The van der Waals surface area contributed by atoms with E-state index in [1.807, 2.05) is 32.0 Å². The summed E-state index contributed by atoms with van der Waals surface area (Å²) in [6, 6.07) is 5.78. The minimum Gasteiger partial charge on any atom is -0.485 e. The van der Waals surface area contributed by atoms with E-state index < -0.39 is 0 Å². The Bertz CT molecular complexity index is 806. The van der Waals surface area contributed by atoms with Gasteiger partial charge < -0.3 is 9.64 Å². The third-order valence-corrected chi connectivity index (χ3v) is 3.87. The molecule has 0 fully saturated rings. The molecule has 0 unspecified atom stereocenters. The largest absolute Gasteiger partial charge is 0.485 e. The van der Waals surface area contributed by atoms with Gasteiger partial charge in [-0.05, 0) is 26.0 Å². The van der Waals surface area contributed by atoms with E-state index in [9.17, 15) is 9.59 Å². The Balaban J connectivity index is 1.93. The van der Waals surface area contributed by atoms with Crippen LogP contribution in [0.2, 0.25) is 0 Å². The Morgan fingerprint density at radius 2 is 1.91 bits per heavy atom. The molecule has 2 aromatic rings. The minimum atomic E-state index is -0.226. The van der Waals surface area contributed by atoms with Crippen LogP contribution in [-0.2, 0) is 13.6 Å². The topological polar surface area (TPSA) is 64.4 Å². The lowest BCUT2D eigenvalue weighted by Gasteiger charge is -2.20. The highest BCUT2D eigenvalue weighted by Crippen LogP contribution is 2.19. The van der Waals surface area contributed by atoms with Crippen molar-refractivity contribution in [1.29, 1.82) is 0 Å². The van der Waals surface area contributed by atoms with Crippen molar-refractivity contribution in [2.75, 3.05) is 13.2 Å². The Kier molecular flexibility index (Phi) is 3.90. The first kappa shape index (κ1) is 15.3. The lowest BCUT2D eigenvalue weighted by atomic mass is 10.1. The van der Waals surface area contributed by atoms with E-state index >= 15 is 0 Å². The normalized spacial score (nSPS) is 14.0. The minimum absolute atomic E-state index is 0.0734. The second-order valence-corrected chi connectivity index (χ2v) is 5.89. The van der Waals surface area contributed by atoms with Gasteiger partial charge in [0.05, 0.1) is 19.4 Å². The summed E-state index contributed by atoms with van der Waals surface area (Å²) in [6.07, 6.45) is 1.45. The first-order valence-electron chi connectivity index (χ1n) is 7.50. The van der Waals surface area contributed by atoms with Gasteiger partial charge in [-0.2, -0.15) is 0 Å². The molecule has 1 aromatic heterocycles. The molecule has 0 saturated carbocycles. The number of carbonyl (C=O) groups excluding carboxylic acids is 1. The zero-order valence-electron chi connectivity index (χ0n) is 13.5. The highest BCUT2D eigenvalue weighted by molar-refractivity contribution is 5.94. The number of fused-ring (bicyclic) bond motifs is 1. The predicted octanol–water partition coefficient (Wildman–Crippen LogP) is 1.43. The lowest BCUT2D eigenvalue weighted by Crippen LogP contribution is -2.32. The summed E-state index contributed by atoms with van der Waals surface area (Å²) >= 11 is 0. The van der Waals surface area contributed by atoms with Crippen molar-refractivity contribution >= 4 is 5.91 Å². The molecule has 2 heterocycles. The van der Waals surface area contributed by atoms with Gasteiger partial charge in [0, 0.05) is 12.6 Å². The van der Waals surface area contributed by atoms with Crippen LogP contribution in [0, 0.1) is 13.8 Å². The third-order valence-electron chi connectivity index (χ3n) is 3.87. The number of hydrogen-bond acceptors (Lipinski definition) is 4. The smallest absolute Gasteiger partial charge is 0.295 e. The molecule has 6 nitrogen and oxygen atoms in total. The van der Waals surface area contributed by atoms with Crippen molar-refractivity contribution in [3.8, 4) is 5.75 Å². The van der Waals surface area contributed by atoms with E-state index in [1.165, 1.54) is 10.9 Å². The summed E-state index contributed by atoms with van der Waals surface area (Å²) in [7, 11) is 1.63. The maximum absolute atomic E-state index is 12.8. The van der Waals surface area contributed by atoms with Crippen molar-refractivity contribution in [3.05, 3.63) is 57.3 Å². The first-order chi connectivity index (χ1) is 11.0. The number of hydrogen-bond donors (Lipinski definition) is 0. The highest BCUT2D eigenvalue weighted by Gasteiger charge is 2.24. The molecular weight excluding hydrogens is 294 g/mol. The van der Waals surface area contributed by atoms with Crippen molar-refractivity contribution in [1.82, 2.24) is 14.5 Å². The van der Waals surface area contributed by atoms with E-state index in [0.717, 1.165) is 11.1 Å². The van der Waals surface area contributed by atoms with Crippen LogP contribution < -0.4 is 10.3 Å². The molecule has 0 saturated heterocycles. The summed E-state index contributed by atoms with van der Waals surface area (Å²) < 4.78 is 6.91. The van der Waals surface area contributed by atoms with Crippen LogP contribution in [0.1, 0.15) is 27.2 Å². The van der Waals surface area contributed by atoms with Gasteiger partial charge in [-0.1, -0.05) is 17.2 Å². The molecule has 23 heavy (non-hydrogen) atoms. The summed E-state index contributed by atoms with van der Waals surface area (Å²) in [6.45, 7) is 4.92. The standard InChI is InChI=1S/C17H19N3O3/c1-11-6-12(2)8-13(7-11)16(21)20-4-5-23-15-14(9-20)18-10-19(3)17(15)22/h6-8,10H,4-5,9H2,1-3H3. The summed E-state index contributed by atoms with van der Waals surface area (Å²) in [5, 5.41) is 0. The molecule has 3 rings (SSSR count). The van der Waals surface area contributed by atoms with Crippen LogP contribution in [-0.4, -0.2) is 33.5 Å². The summed E-state index contributed by atoms with van der Waals surface area (Å²) in [4.78, 5) is 30.8. The van der Waals surface area contributed by atoms with Crippen LogP contribution >= 0.6 is 0 Å². The van der Waals surface area contributed by atoms with E-state index in [-0.39, 0.29) is 30.4 Å². The average Bonchev–Trinajstić information content (AvgIpc) is 2.72. The van der Waals surface area contributed by atoms with Gasteiger partial charge >= 0.3 is 0 Å². The van der Waals surface area contributed by atoms with E-state index in [4.69, 9.17) is 4.74 Å². The molecule has 1 aliphatic rings. The molecule has 1 aromatic carbocycles. The second-order valence-electron chi connectivity index (χ2n) is 5.89. The second kappa shape index (κ2) is 5.87. The predicted molar refractivity (Wildman–Crippen MR) is 85.6 cm³/mol. The van der Waals surface area contributed by atoms with Crippen LogP contribution in [0.5, 0.6) is 5.75 Å². The molecule has 6 heteroatoms. The molecule has 0 spiro atoms. The number of nitrogens with zero attached hydrogens (tertiary/aromatic N) is 3. The number of ether oxygens (including phenoxy) is 1. The van der Waals surface area contributed by atoms with Crippen LogP contribution in [0.3, 0.4) is 0 Å². The lowest BCUT2D eigenvalue weighted by molar-refractivity contribution is 0.0731. The first-order valence-corrected chi connectivity index (χ1v) is 7.50. The zero-order chi connectivity index (χ0) is 16.6. The van der Waals surface area contributed by atoms with Gasteiger partial charge in [0.25, 0.3) is 11.5 Å². The number of benzene rings is 1. The molecule has 120 valence electrons. The Labute approximate surface area is 134 Å². The van der Waals surface area contributed by atoms with E-state index in [1.54, 1.807) is 11.9 Å². The fourth-order valence-electron chi connectivity index (χ4n) is 2.78. The van der Waals surface area contributed by atoms with Gasteiger partial charge in [0.1, 0.15) is 12.3 Å². The Morgan fingerprint density at radius 1 is 1.22 bits per heavy atom. The molecule has 0 N–H and O–H groups in total. The number of aryl methyl sites for hydroxylation is 3. The molecule has 1 aliphatic heterocycles. The summed E-state index contributed by atoms with van der Waals surface area (Å²) in [5.74, 6) is 0.168. The fourth-order valence-corrected chi connectivity index (χ4v) is 2.78. The highest BCUT2D eigenvalue weighted by atomic mass is 16.5. The quantitative estimate of drug-likeness (QED) is 0.799. The molecule has 1 amide bonds. The third kappa shape index (κ3) is 2.97. The number of rotatable bonds is 1. The maximum Gasteiger partial charge on any atom is 0.295 e. The number of carbonyl (C=O) groups is 1. The van der Waals surface area contributed by atoms with Gasteiger partial charge in [0.2, 0.25) is 5.75 Å². The average molecular weight is 313 g/mol. The molecule has 0 radical (unpaired) electrons. The number of amides is 1. The fraction of sp³-hybridized carbons (Fsp3) is 0.353. The molecule has 0 atom stereocenters. The van der Waals surface area contributed by atoms with E-state index in [2.05, 4.69) is 4.98 Å².